The zero-order valence-corrected chi connectivity index (χ0v) is 9.48. The Morgan fingerprint density at radius 3 is 2.88 bits per heavy atom. The highest BCUT2D eigenvalue weighted by molar-refractivity contribution is 6.32. The molecule has 7 heteroatoms. The van der Waals surface area contributed by atoms with Crippen molar-refractivity contribution in [3.05, 3.63) is 45.2 Å². The van der Waals surface area contributed by atoms with Crippen LogP contribution in [0.2, 0.25) is 5.02 Å². The van der Waals surface area contributed by atoms with E-state index in [4.69, 9.17) is 22.1 Å². The molecule has 0 aliphatic rings. The van der Waals surface area contributed by atoms with Crippen LogP contribution in [0.15, 0.2) is 30.1 Å². The summed E-state index contributed by atoms with van der Waals surface area (Å²) in [5.74, 6) is -0.347. The van der Waals surface area contributed by atoms with Crippen molar-refractivity contribution < 1.29 is 14.1 Å². The minimum Gasteiger partial charge on any atom is -0.485 e. The molecule has 0 aliphatic carbocycles. The van der Waals surface area contributed by atoms with Gasteiger partial charge >= 0.3 is 0 Å². The van der Waals surface area contributed by atoms with E-state index in [-0.39, 0.29) is 29.6 Å². The number of ether oxygens (including phenoxy) is 1. The molecule has 0 saturated carbocycles. The maximum atomic E-state index is 12.9. The lowest BCUT2D eigenvalue weighted by molar-refractivity contribution is -0.384. The van der Waals surface area contributed by atoms with Crippen molar-refractivity contribution in [2.75, 3.05) is 13.2 Å². The van der Waals surface area contributed by atoms with Crippen LogP contribution in [0.5, 0.6) is 5.75 Å². The molecule has 0 amide bonds. The Hall–Kier alpha value is -1.66. The van der Waals surface area contributed by atoms with E-state index in [1.54, 1.807) is 0 Å². The van der Waals surface area contributed by atoms with Gasteiger partial charge < -0.3 is 10.5 Å². The number of nitrogens with two attached hydrogens (primary N) is 1. The smallest absolute Gasteiger partial charge is 0.271 e. The van der Waals surface area contributed by atoms with Crippen LogP contribution < -0.4 is 10.5 Å². The number of benzene rings is 1. The van der Waals surface area contributed by atoms with Crippen molar-refractivity contribution in [2.24, 2.45) is 5.73 Å². The van der Waals surface area contributed by atoms with Gasteiger partial charge in [0.05, 0.1) is 9.95 Å². The highest BCUT2D eigenvalue weighted by Gasteiger charge is 2.10. The van der Waals surface area contributed by atoms with Gasteiger partial charge in [0.25, 0.3) is 5.69 Å². The second-order valence-electron chi connectivity index (χ2n) is 3.05. The average Bonchev–Trinajstić information content (AvgIpc) is 2.27. The van der Waals surface area contributed by atoms with Gasteiger partial charge in [-0.15, -0.1) is 0 Å². The fraction of sp³-hybridized carbons (Fsp3) is 0.200. The van der Waals surface area contributed by atoms with Crippen LogP contribution in [-0.2, 0) is 0 Å². The van der Waals surface area contributed by atoms with Crippen molar-refractivity contribution in [2.45, 2.75) is 0 Å². The third-order valence-corrected chi connectivity index (χ3v) is 2.13. The van der Waals surface area contributed by atoms with E-state index in [0.29, 0.717) is 0 Å². The van der Waals surface area contributed by atoms with Gasteiger partial charge in [0.15, 0.2) is 0 Å². The molecule has 1 rings (SSSR count). The monoisotopic (exact) mass is 260 g/mol. The van der Waals surface area contributed by atoms with Crippen molar-refractivity contribution in [1.29, 1.82) is 0 Å². The van der Waals surface area contributed by atoms with Gasteiger partial charge in [0, 0.05) is 18.7 Å². The molecular formula is C10H10ClFN2O3. The Morgan fingerprint density at radius 2 is 2.35 bits per heavy atom. The second-order valence-corrected chi connectivity index (χ2v) is 3.45. The lowest BCUT2D eigenvalue weighted by Crippen LogP contribution is -2.02. The summed E-state index contributed by atoms with van der Waals surface area (Å²) in [5, 5.41) is 10.5. The van der Waals surface area contributed by atoms with Gasteiger partial charge in [-0.25, -0.2) is 4.39 Å². The fourth-order valence-electron chi connectivity index (χ4n) is 1.05. The number of rotatable bonds is 5. The largest absolute Gasteiger partial charge is 0.485 e. The van der Waals surface area contributed by atoms with Gasteiger partial charge in [-0.2, -0.15) is 0 Å². The van der Waals surface area contributed by atoms with Crippen molar-refractivity contribution in [3.63, 3.8) is 0 Å². The minimum absolute atomic E-state index is 0.0553. The molecule has 0 atom stereocenters. The molecule has 0 spiro atoms. The van der Waals surface area contributed by atoms with Gasteiger partial charge in [0.2, 0.25) is 0 Å². The molecule has 0 heterocycles. The molecule has 0 radical (unpaired) electrons. The van der Waals surface area contributed by atoms with Gasteiger partial charge in [-0.05, 0) is 12.1 Å². The molecule has 0 fully saturated rings. The number of nitrogens with zero attached hydrogens (tertiary/aromatic N) is 1. The summed E-state index contributed by atoms with van der Waals surface area (Å²) in [7, 11) is 0. The highest BCUT2D eigenvalue weighted by Crippen LogP contribution is 2.28. The molecule has 0 aromatic heterocycles. The van der Waals surface area contributed by atoms with E-state index in [1.165, 1.54) is 18.2 Å². The fourth-order valence-corrected chi connectivity index (χ4v) is 1.28. The SMILES string of the molecule is NCC=C(F)COc1ccc([N+](=O)[O-])cc1Cl. The lowest BCUT2D eigenvalue weighted by atomic mass is 10.3. The zero-order chi connectivity index (χ0) is 12.8. The molecule has 0 saturated heterocycles. The topological polar surface area (TPSA) is 78.4 Å². The molecule has 1 aromatic rings. The molecule has 92 valence electrons. The van der Waals surface area contributed by atoms with E-state index in [0.717, 1.165) is 6.07 Å². The standard InChI is InChI=1S/C10H10ClFN2O3/c11-9-5-8(14(15)16)1-2-10(9)17-6-7(12)3-4-13/h1-3,5H,4,6,13H2. The Balaban J connectivity index is 2.73. The van der Waals surface area contributed by atoms with Crippen molar-refractivity contribution in [3.8, 4) is 5.75 Å². The van der Waals surface area contributed by atoms with Gasteiger partial charge in [-0.1, -0.05) is 11.6 Å². The Morgan fingerprint density at radius 1 is 1.65 bits per heavy atom. The minimum atomic E-state index is -0.579. The van der Waals surface area contributed by atoms with E-state index < -0.39 is 10.8 Å². The number of hydrogen-bond donors (Lipinski definition) is 1. The van der Waals surface area contributed by atoms with Gasteiger partial charge in [-0.3, -0.25) is 10.1 Å². The van der Waals surface area contributed by atoms with Crippen LogP contribution in [0.25, 0.3) is 0 Å². The highest BCUT2D eigenvalue weighted by atomic mass is 35.5. The summed E-state index contributed by atoms with van der Waals surface area (Å²) in [5.41, 5.74) is 4.96. The third kappa shape index (κ3) is 4.01. The molecule has 0 bridgehead atoms. The first-order valence-electron chi connectivity index (χ1n) is 4.66. The maximum Gasteiger partial charge on any atom is 0.271 e. The van der Waals surface area contributed by atoms with E-state index >= 15 is 0 Å². The quantitative estimate of drug-likeness (QED) is 0.651. The molecule has 5 nitrogen and oxygen atoms in total. The van der Waals surface area contributed by atoms with Crippen LogP contribution in [0.1, 0.15) is 0 Å². The molecule has 17 heavy (non-hydrogen) atoms. The lowest BCUT2D eigenvalue weighted by Gasteiger charge is -2.06. The number of nitro benzene ring substituents is 1. The summed E-state index contributed by atoms with van der Waals surface area (Å²) in [6, 6.07) is 3.68. The van der Waals surface area contributed by atoms with Crippen LogP contribution in [0, 0.1) is 10.1 Å². The molecule has 0 unspecified atom stereocenters. The number of hydrogen-bond acceptors (Lipinski definition) is 4. The Kier molecular flexibility index (Phi) is 4.86. The van der Waals surface area contributed by atoms with E-state index in [2.05, 4.69) is 0 Å². The summed E-state index contributed by atoms with van der Waals surface area (Å²) < 4.78 is 18.0. The predicted octanol–water partition coefficient (Wildman–Crippen LogP) is 2.44. The first-order chi connectivity index (χ1) is 8.04. The third-order valence-electron chi connectivity index (χ3n) is 1.83. The Labute approximate surface area is 102 Å². The van der Waals surface area contributed by atoms with Crippen molar-refractivity contribution in [1.82, 2.24) is 0 Å². The predicted molar refractivity (Wildman–Crippen MR) is 61.8 cm³/mol. The van der Waals surface area contributed by atoms with Crippen LogP contribution in [-0.4, -0.2) is 18.1 Å². The molecular weight excluding hydrogens is 251 g/mol. The second kappa shape index (κ2) is 6.17. The summed E-state index contributed by atoms with van der Waals surface area (Å²) in [6.07, 6.45) is 1.17. The van der Waals surface area contributed by atoms with Crippen molar-refractivity contribution >= 4 is 17.3 Å². The number of halogens is 2. The zero-order valence-electron chi connectivity index (χ0n) is 8.73. The normalized spacial score (nSPS) is 11.4. The summed E-state index contributed by atoms with van der Waals surface area (Å²) in [6.45, 7) is -0.238. The Bertz CT molecular complexity index is 451. The van der Waals surface area contributed by atoms with Gasteiger partial charge in [0.1, 0.15) is 18.2 Å². The molecule has 2 N–H and O–H groups in total. The van der Waals surface area contributed by atoms with Crippen LogP contribution >= 0.6 is 11.6 Å². The first kappa shape index (κ1) is 13.4. The van der Waals surface area contributed by atoms with Crippen LogP contribution in [0.4, 0.5) is 10.1 Å². The first-order valence-corrected chi connectivity index (χ1v) is 5.03. The average molecular weight is 261 g/mol. The molecule has 0 aliphatic heterocycles. The maximum absolute atomic E-state index is 12.9. The van der Waals surface area contributed by atoms with E-state index in [1.807, 2.05) is 0 Å². The summed E-state index contributed by atoms with van der Waals surface area (Å²) >= 11 is 5.74. The van der Waals surface area contributed by atoms with Crippen LogP contribution in [0.3, 0.4) is 0 Å². The van der Waals surface area contributed by atoms with E-state index in [9.17, 15) is 14.5 Å². The summed E-state index contributed by atoms with van der Waals surface area (Å²) in [4.78, 5) is 9.86. The molecule has 1 aromatic carbocycles. The number of nitro groups is 1. The number of non-ortho nitro benzene ring substituents is 1.